The van der Waals surface area contributed by atoms with Crippen molar-refractivity contribution in [2.24, 2.45) is 0 Å². The second-order valence-electron chi connectivity index (χ2n) is 8.53. The molecule has 1 saturated heterocycles. The van der Waals surface area contributed by atoms with E-state index in [1.165, 1.54) is 25.0 Å². The van der Waals surface area contributed by atoms with Crippen molar-refractivity contribution in [3.8, 4) is 11.5 Å². The molecule has 2 aliphatic rings. The van der Waals surface area contributed by atoms with E-state index < -0.39 is 6.04 Å². The lowest BCUT2D eigenvalue weighted by Crippen LogP contribution is -2.50. The minimum atomic E-state index is -0.613. The van der Waals surface area contributed by atoms with Crippen LogP contribution in [-0.2, 0) is 4.79 Å². The van der Waals surface area contributed by atoms with Crippen LogP contribution in [0.1, 0.15) is 28.2 Å². The number of benzene rings is 1. The topological polar surface area (TPSA) is 119 Å². The standard InChI is InChI=1S/C24H25N5O6S/c1-33-18-12-14-16(13-19(18)34-2)26-24(36)29-21(14)25-15(22(29)31)5-6-20(30)27-7-9-28(10-8-27)23(32)17-4-3-11-35-17/h3-4,11-13,15,25H,5-10H2,1-2H3/t15-/m1/s1. The van der Waals surface area contributed by atoms with Gasteiger partial charge in [-0.15, -0.1) is 0 Å². The molecule has 11 nitrogen and oxygen atoms in total. The maximum Gasteiger partial charge on any atom is 0.289 e. The highest BCUT2D eigenvalue weighted by Gasteiger charge is 2.33. The molecule has 3 aromatic rings. The predicted molar refractivity (Wildman–Crippen MR) is 132 cm³/mol. The Morgan fingerprint density at radius 2 is 1.83 bits per heavy atom. The molecule has 1 aromatic carbocycles. The van der Waals surface area contributed by atoms with E-state index in [0.717, 1.165) is 0 Å². The number of hydrogen-bond donors (Lipinski definition) is 1. The number of rotatable bonds is 6. The molecule has 12 heteroatoms. The van der Waals surface area contributed by atoms with E-state index in [1.807, 2.05) is 0 Å². The SMILES string of the molecule is COc1cc2nc(=S)n3c(c2cc1OC)N[C@H](CCC(=O)N1CCN(C(=O)c2ccco2)CC1)C3=O. The van der Waals surface area contributed by atoms with Gasteiger partial charge in [-0.2, -0.15) is 0 Å². The average molecular weight is 512 g/mol. The zero-order valence-electron chi connectivity index (χ0n) is 19.9. The number of aromatic nitrogens is 2. The lowest BCUT2D eigenvalue weighted by molar-refractivity contribution is -0.132. The number of hydrogen-bond acceptors (Lipinski definition) is 9. The number of fused-ring (bicyclic) bond motifs is 3. The third-order valence-electron chi connectivity index (χ3n) is 6.52. The second kappa shape index (κ2) is 9.61. The summed E-state index contributed by atoms with van der Waals surface area (Å²) in [6.07, 6.45) is 1.94. The fourth-order valence-electron chi connectivity index (χ4n) is 4.59. The molecule has 36 heavy (non-hydrogen) atoms. The largest absolute Gasteiger partial charge is 0.493 e. The molecule has 0 saturated carbocycles. The molecule has 0 bridgehead atoms. The number of amides is 2. The third-order valence-corrected chi connectivity index (χ3v) is 6.79. The first-order valence-corrected chi connectivity index (χ1v) is 11.9. The van der Waals surface area contributed by atoms with Crippen LogP contribution in [0.2, 0.25) is 0 Å². The number of furan rings is 1. The van der Waals surface area contributed by atoms with Crippen LogP contribution < -0.4 is 14.8 Å². The van der Waals surface area contributed by atoms with E-state index in [1.54, 1.807) is 34.1 Å². The third kappa shape index (κ3) is 4.17. The fraction of sp³-hybridized carbons (Fsp3) is 0.375. The lowest BCUT2D eigenvalue weighted by Gasteiger charge is -2.34. The number of nitrogens with zero attached hydrogens (tertiary/aromatic N) is 4. The fourth-order valence-corrected chi connectivity index (χ4v) is 4.87. The number of carbonyl (C=O) groups is 3. The Kier molecular flexibility index (Phi) is 6.35. The van der Waals surface area contributed by atoms with Crippen molar-refractivity contribution < 1.29 is 28.3 Å². The van der Waals surface area contributed by atoms with E-state index in [4.69, 9.17) is 26.1 Å². The molecule has 1 atom stereocenters. The molecule has 0 unspecified atom stereocenters. The monoisotopic (exact) mass is 511 g/mol. The Labute approximate surface area is 211 Å². The average Bonchev–Trinajstić information content (AvgIpc) is 3.55. The van der Waals surface area contributed by atoms with Gasteiger partial charge < -0.3 is 29.0 Å². The molecule has 0 radical (unpaired) electrons. The number of piperazine rings is 1. The molecule has 5 rings (SSSR count). The number of nitrogens with one attached hydrogen (secondary N) is 1. The van der Waals surface area contributed by atoms with Crippen molar-refractivity contribution in [3.05, 3.63) is 41.1 Å². The molecule has 4 heterocycles. The van der Waals surface area contributed by atoms with Crippen LogP contribution in [0.15, 0.2) is 34.9 Å². The first-order chi connectivity index (χ1) is 17.4. The number of carbonyl (C=O) groups excluding carboxylic acids is 3. The van der Waals surface area contributed by atoms with Gasteiger partial charge in [-0.1, -0.05) is 0 Å². The molecule has 0 spiro atoms. The Bertz CT molecular complexity index is 1390. The second-order valence-corrected chi connectivity index (χ2v) is 8.89. The van der Waals surface area contributed by atoms with Crippen LogP contribution >= 0.6 is 12.2 Å². The van der Waals surface area contributed by atoms with Crippen LogP contribution in [0.3, 0.4) is 0 Å². The van der Waals surface area contributed by atoms with Gasteiger partial charge in [0.05, 0.1) is 26.0 Å². The van der Waals surface area contributed by atoms with E-state index in [0.29, 0.717) is 60.8 Å². The highest BCUT2D eigenvalue weighted by Crippen LogP contribution is 2.37. The first kappa shape index (κ1) is 23.8. The molecular formula is C24H25N5O6S. The first-order valence-electron chi connectivity index (χ1n) is 11.5. The Morgan fingerprint density at radius 3 is 2.50 bits per heavy atom. The highest BCUT2D eigenvalue weighted by molar-refractivity contribution is 7.71. The molecule has 1 N–H and O–H groups in total. The highest BCUT2D eigenvalue weighted by atomic mass is 32.1. The quantitative estimate of drug-likeness (QED) is 0.498. The van der Waals surface area contributed by atoms with Crippen molar-refractivity contribution in [1.82, 2.24) is 19.4 Å². The summed E-state index contributed by atoms with van der Waals surface area (Å²) in [6.45, 7) is 1.71. The Balaban J connectivity index is 1.24. The van der Waals surface area contributed by atoms with Gasteiger partial charge in [0.15, 0.2) is 17.3 Å². The van der Waals surface area contributed by atoms with Crippen molar-refractivity contribution in [2.75, 3.05) is 45.7 Å². The van der Waals surface area contributed by atoms with Gasteiger partial charge in [-0.25, -0.2) is 9.55 Å². The van der Waals surface area contributed by atoms with Crippen LogP contribution in [0.4, 0.5) is 5.82 Å². The minimum absolute atomic E-state index is 0.0661. The van der Waals surface area contributed by atoms with Crippen LogP contribution in [0.5, 0.6) is 11.5 Å². The van der Waals surface area contributed by atoms with Crippen LogP contribution in [0, 0.1) is 4.77 Å². The molecule has 0 aliphatic carbocycles. The summed E-state index contributed by atoms with van der Waals surface area (Å²) in [4.78, 5) is 46.2. The van der Waals surface area contributed by atoms with Gasteiger partial charge in [-0.05, 0) is 36.8 Å². The number of methoxy groups -OCH3 is 2. The number of anilines is 1. The summed E-state index contributed by atoms with van der Waals surface area (Å²) in [6, 6.07) is 6.14. The maximum absolute atomic E-state index is 13.1. The van der Waals surface area contributed by atoms with Crippen LogP contribution in [0.25, 0.3) is 10.9 Å². The van der Waals surface area contributed by atoms with Gasteiger partial charge >= 0.3 is 0 Å². The molecule has 188 valence electrons. The molecule has 2 amide bonds. The maximum atomic E-state index is 13.1. The summed E-state index contributed by atoms with van der Waals surface area (Å²) in [5.74, 6) is 1.33. The summed E-state index contributed by atoms with van der Waals surface area (Å²) in [5.41, 5.74) is 0.572. The van der Waals surface area contributed by atoms with Crippen molar-refractivity contribution in [3.63, 3.8) is 0 Å². The summed E-state index contributed by atoms with van der Waals surface area (Å²) >= 11 is 5.38. The van der Waals surface area contributed by atoms with Crippen LogP contribution in [-0.4, -0.2) is 83.5 Å². The lowest BCUT2D eigenvalue weighted by atomic mass is 10.1. The van der Waals surface area contributed by atoms with Crippen molar-refractivity contribution in [1.29, 1.82) is 0 Å². The van der Waals surface area contributed by atoms with Gasteiger partial charge in [0.25, 0.3) is 11.8 Å². The van der Waals surface area contributed by atoms with Crippen molar-refractivity contribution >= 4 is 46.7 Å². The summed E-state index contributed by atoms with van der Waals surface area (Å²) in [7, 11) is 3.07. The van der Waals surface area contributed by atoms with Gasteiger partial charge in [0, 0.05) is 44.1 Å². The van der Waals surface area contributed by atoms with Gasteiger partial charge in [0.1, 0.15) is 11.9 Å². The summed E-state index contributed by atoms with van der Waals surface area (Å²) in [5, 5.41) is 3.90. The van der Waals surface area contributed by atoms with E-state index in [9.17, 15) is 14.4 Å². The zero-order valence-corrected chi connectivity index (χ0v) is 20.7. The van der Waals surface area contributed by atoms with Gasteiger partial charge in [0.2, 0.25) is 10.7 Å². The normalized spacial score (nSPS) is 17.2. The molecule has 2 aromatic heterocycles. The smallest absolute Gasteiger partial charge is 0.289 e. The Hall–Kier alpha value is -3.93. The van der Waals surface area contributed by atoms with E-state index >= 15 is 0 Å². The van der Waals surface area contributed by atoms with Crippen molar-refractivity contribution in [2.45, 2.75) is 18.9 Å². The van der Waals surface area contributed by atoms with E-state index in [-0.39, 0.29) is 34.7 Å². The molecule has 1 fully saturated rings. The predicted octanol–water partition coefficient (Wildman–Crippen LogP) is 2.58. The van der Waals surface area contributed by atoms with E-state index in [2.05, 4.69) is 10.3 Å². The zero-order chi connectivity index (χ0) is 25.4. The van der Waals surface area contributed by atoms with Gasteiger partial charge in [-0.3, -0.25) is 14.4 Å². The molecule has 2 aliphatic heterocycles. The minimum Gasteiger partial charge on any atom is -0.493 e. The molecular weight excluding hydrogens is 486 g/mol. The Morgan fingerprint density at radius 1 is 1.14 bits per heavy atom. The number of ether oxygens (including phenoxy) is 2. The summed E-state index contributed by atoms with van der Waals surface area (Å²) < 4.78 is 17.4.